The molecule has 2 N–H and O–H groups in total. The van der Waals surface area contributed by atoms with E-state index in [2.05, 4.69) is 10.6 Å². The SMILES string of the molecule is CCCNC(=O)/C(=C\c1ccc2ccccc2c1)NC=O. The summed E-state index contributed by atoms with van der Waals surface area (Å²) in [6.45, 7) is 2.55. The molecule has 0 bridgehead atoms. The maximum atomic E-state index is 12.0. The molecule has 0 aliphatic rings. The van der Waals surface area contributed by atoms with E-state index in [1.54, 1.807) is 6.08 Å². The van der Waals surface area contributed by atoms with Gasteiger partial charge < -0.3 is 10.6 Å². The highest BCUT2D eigenvalue weighted by Gasteiger charge is 2.08. The number of carbonyl (C=O) groups is 2. The molecule has 0 aromatic heterocycles. The molecule has 0 spiro atoms. The Morgan fingerprint density at radius 2 is 1.90 bits per heavy atom. The van der Waals surface area contributed by atoms with Crippen molar-refractivity contribution in [3.8, 4) is 0 Å². The monoisotopic (exact) mass is 282 g/mol. The number of benzene rings is 2. The minimum atomic E-state index is -0.280. The molecule has 0 atom stereocenters. The van der Waals surface area contributed by atoms with Crippen LogP contribution in [-0.2, 0) is 9.59 Å². The van der Waals surface area contributed by atoms with Crippen LogP contribution in [0.3, 0.4) is 0 Å². The van der Waals surface area contributed by atoms with Crippen LogP contribution in [-0.4, -0.2) is 18.9 Å². The third kappa shape index (κ3) is 3.92. The standard InChI is InChI=1S/C17H18N2O2/c1-2-9-18-17(21)16(19-12-20)11-13-7-8-14-5-3-4-6-15(14)10-13/h3-8,10-12H,2,9H2,1H3,(H,18,21)(H,19,20)/b16-11+. The van der Waals surface area contributed by atoms with Crippen molar-refractivity contribution in [1.82, 2.24) is 10.6 Å². The van der Waals surface area contributed by atoms with Crippen LogP contribution >= 0.6 is 0 Å². The molecular weight excluding hydrogens is 264 g/mol. The molecular formula is C17H18N2O2. The minimum absolute atomic E-state index is 0.244. The molecule has 0 unspecified atom stereocenters. The van der Waals surface area contributed by atoms with E-state index in [0.717, 1.165) is 22.8 Å². The molecule has 2 amide bonds. The van der Waals surface area contributed by atoms with Gasteiger partial charge in [-0.3, -0.25) is 9.59 Å². The number of rotatable bonds is 6. The highest BCUT2D eigenvalue weighted by Crippen LogP contribution is 2.17. The normalized spacial score (nSPS) is 11.2. The summed E-state index contributed by atoms with van der Waals surface area (Å²) in [5.41, 5.74) is 1.11. The molecule has 21 heavy (non-hydrogen) atoms. The fourth-order valence-corrected chi connectivity index (χ4v) is 2.03. The summed E-state index contributed by atoms with van der Waals surface area (Å²) in [6, 6.07) is 13.9. The molecule has 4 nitrogen and oxygen atoms in total. The average Bonchev–Trinajstić information content (AvgIpc) is 2.52. The smallest absolute Gasteiger partial charge is 0.267 e. The van der Waals surface area contributed by atoms with Crippen molar-refractivity contribution >= 4 is 29.2 Å². The van der Waals surface area contributed by atoms with Gasteiger partial charge in [0.1, 0.15) is 5.70 Å². The van der Waals surface area contributed by atoms with Crippen LogP contribution in [0.4, 0.5) is 0 Å². The zero-order valence-electron chi connectivity index (χ0n) is 11.9. The van der Waals surface area contributed by atoms with Gasteiger partial charge in [-0.2, -0.15) is 0 Å². The minimum Gasteiger partial charge on any atom is -0.351 e. The molecule has 0 heterocycles. The maximum absolute atomic E-state index is 12.0. The van der Waals surface area contributed by atoms with Crippen molar-refractivity contribution in [2.45, 2.75) is 13.3 Å². The van der Waals surface area contributed by atoms with Gasteiger partial charge in [0, 0.05) is 6.54 Å². The molecule has 0 aliphatic carbocycles. The van der Waals surface area contributed by atoms with Gasteiger partial charge in [0.25, 0.3) is 5.91 Å². The van der Waals surface area contributed by atoms with Crippen molar-refractivity contribution < 1.29 is 9.59 Å². The molecule has 0 saturated heterocycles. The highest BCUT2D eigenvalue weighted by atomic mass is 16.2. The summed E-state index contributed by atoms with van der Waals surface area (Å²) in [5.74, 6) is -0.280. The van der Waals surface area contributed by atoms with Gasteiger partial charge in [-0.25, -0.2) is 0 Å². The van der Waals surface area contributed by atoms with Crippen LogP contribution in [0.25, 0.3) is 16.8 Å². The van der Waals surface area contributed by atoms with Crippen molar-refractivity contribution in [2.75, 3.05) is 6.54 Å². The first-order chi connectivity index (χ1) is 10.2. The number of amides is 2. The van der Waals surface area contributed by atoms with E-state index in [-0.39, 0.29) is 11.6 Å². The van der Waals surface area contributed by atoms with Gasteiger partial charge in [0.05, 0.1) is 0 Å². The average molecular weight is 282 g/mol. The van der Waals surface area contributed by atoms with E-state index in [0.29, 0.717) is 13.0 Å². The lowest BCUT2D eigenvalue weighted by Gasteiger charge is -2.07. The van der Waals surface area contributed by atoms with Gasteiger partial charge in [-0.05, 0) is 34.9 Å². The first kappa shape index (κ1) is 14.8. The van der Waals surface area contributed by atoms with Crippen LogP contribution in [0.1, 0.15) is 18.9 Å². The number of fused-ring (bicyclic) bond motifs is 1. The van der Waals surface area contributed by atoms with E-state index in [9.17, 15) is 9.59 Å². The Hall–Kier alpha value is -2.62. The van der Waals surface area contributed by atoms with Gasteiger partial charge >= 0.3 is 0 Å². The summed E-state index contributed by atoms with van der Waals surface area (Å²) in [6.07, 6.45) is 3.03. The second kappa shape index (κ2) is 7.24. The zero-order chi connectivity index (χ0) is 15.1. The predicted molar refractivity (Wildman–Crippen MR) is 84.4 cm³/mol. The summed E-state index contributed by atoms with van der Waals surface area (Å²) in [5, 5.41) is 7.43. The number of carbonyl (C=O) groups excluding carboxylic acids is 2. The summed E-state index contributed by atoms with van der Waals surface area (Å²) in [4.78, 5) is 22.6. The predicted octanol–water partition coefficient (Wildman–Crippen LogP) is 2.45. The Bertz CT molecular complexity index is 677. The number of hydrogen-bond donors (Lipinski definition) is 2. The van der Waals surface area contributed by atoms with Crippen LogP contribution < -0.4 is 10.6 Å². The number of nitrogens with one attached hydrogen (secondary N) is 2. The van der Waals surface area contributed by atoms with Crippen molar-refractivity contribution in [2.24, 2.45) is 0 Å². The summed E-state index contributed by atoms with van der Waals surface area (Å²) in [7, 11) is 0. The largest absolute Gasteiger partial charge is 0.351 e. The van der Waals surface area contributed by atoms with Crippen molar-refractivity contribution in [3.05, 3.63) is 53.7 Å². The highest BCUT2D eigenvalue weighted by molar-refractivity contribution is 5.99. The molecule has 0 aliphatic heterocycles. The topological polar surface area (TPSA) is 58.2 Å². The molecule has 0 fully saturated rings. The quantitative estimate of drug-likeness (QED) is 0.631. The lowest BCUT2D eigenvalue weighted by molar-refractivity contribution is -0.119. The molecule has 2 rings (SSSR count). The lowest BCUT2D eigenvalue weighted by atomic mass is 10.1. The summed E-state index contributed by atoms with van der Waals surface area (Å²) >= 11 is 0. The van der Waals surface area contributed by atoms with Crippen LogP contribution in [0, 0.1) is 0 Å². The van der Waals surface area contributed by atoms with E-state index in [1.165, 1.54) is 0 Å². The summed E-state index contributed by atoms with van der Waals surface area (Å²) < 4.78 is 0. The van der Waals surface area contributed by atoms with E-state index < -0.39 is 0 Å². The third-order valence-electron chi connectivity index (χ3n) is 3.08. The van der Waals surface area contributed by atoms with Crippen LogP contribution in [0.5, 0.6) is 0 Å². The van der Waals surface area contributed by atoms with Crippen LogP contribution in [0.2, 0.25) is 0 Å². The van der Waals surface area contributed by atoms with Gasteiger partial charge in [0.2, 0.25) is 6.41 Å². The Morgan fingerprint density at radius 3 is 2.62 bits per heavy atom. The van der Waals surface area contributed by atoms with E-state index >= 15 is 0 Å². The molecule has 0 radical (unpaired) electrons. The van der Waals surface area contributed by atoms with Crippen molar-refractivity contribution in [1.29, 1.82) is 0 Å². The zero-order valence-corrected chi connectivity index (χ0v) is 11.9. The number of hydrogen-bond acceptors (Lipinski definition) is 2. The maximum Gasteiger partial charge on any atom is 0.267 e. The Labute approximate surface area is 123 Å². The fraction of sp³-hybridized carbons (Fsp3) is 0.176. The first-order valence-electron chi connectivity index (χ1n) is 6.93. The second-order valence-corrected chi connectivity index (χ2v) is 4.68. The first-order valence-corrected chi connectivity index (χ1v) is 6.93. The Kier molecular flexibility index (Phi) is 5.10. The second-order valence-electron chi connectivity index (χ2n) is 4.68. The molecule has 2 aromatic carbocycles. The van der Waals surface area contributed by atoms with Crippen LogP contribution in [0.15, 0.2) is 48.2 Å². The molecule has 0 saturated carbocycles. The molecule has 2 aromatic rings. The van der Waals surface area contributed by atoms with Gasteiger partial charge in [0.15, 0.2) is 0 Å². The van der Waals surface area contributed by atoms with E-state index in [1.807, 2.05) is 49.4 Å². The fourth-order valence-electron chi connectivity index (χ4n) is 2.03. The lowest BCUT2D eigenvalue weighted by Crippen LogP contribution is -2.31. The molecule has 4 heteroatoms. The van der Waals surface area contributed by atoms with E-state index in [4.69, 9.17) is 0 Å². The Morgan fingerprint density at radius 1 is 1.14 bits per heavy atom. The van der Waals surface area contributed by atoms with Gasteiger partial charge in [-0.1, -0.05) is 43.3 Å². The molecule has 108 valence electrons. The Balaban J connectivity index is 2.30. The van der Waals surface area contributed by atoms with Crippen molar-refractivity contribution in [3.63, 3.8) is 0 Å². The van der Waals surface area contributed by atoms with Gasteiger partial charge in [-0.15, -0.1) is 0 Å². The third-order valence-corrected chi connectivity index (χ3v) is 3.08.